The number of hydrogen-bond acceptors (Lipinski definition) is 1. The predicted octanol–water partition coefficient (Wildman–Crippen LogP) is 4.30. The van der Waals surface area contributed by atoms with Crippen molar-refractivity contribution in [2.45, 2.75) is 51.0 Å². The monoisotopic (exact) mass is 307 g/mol. The fourth-order valence-corrected chi connectivity index (χ4v) is 3.72. The van der Waals surface area contributed by atoms with Crippen LogP contribution in [0.5, 0.6) is 0 Å². The third-order valence-electron chi connectivity index (χ3n) is 4.48. The smallest absolute Gasteiger partial charge is 0.0177 e. The van der Waals surface area contributed by atoms with Crippen LogP contribution in [0.1, 0.15) is 44.1 Å². The first-order chi connectivity index (χ1) is 8.76. The van der Waals surface area contributed by atoms with Crippen LogP contribution in [0.15, 0.2) is 28.7 Å². The van der Waals surface area contributed by atoms with Gasteiger partial charge in [0, 0.05) is 17.1 Å². The van der Waals surface area contributed by atoms with Crippen molar-refractivity contribution in [3.8, 4) is 0 Å². The Morgan fingerprint density at radius 3 is 2.67 bits per heavy atom. The van der Waals surface area contributed by atoms with Crippen molar-refractivity contribution < 1.29 is 0 Å². The van der Waals surface area contributed by atoms with Gasteiger partial charge in [-0.3, -0.25) is 0 Å². The van der Waals surface area contributed by atoms with Gasteiger partial charge in [-0.15, -0.1) is 0 Å². The van der Waals surface area contributed by atoms with Crippen molar-refractivity contribution in [3.05, 3.63) is 34.3 Å². The molecule has 2 saturated carbocycles. The van der Waals surface area contributed by atoms with E-state index in [1.165, 1.54) is 61.5 Å². The standard InChI is InChI=1S/C16H22BrN/c17-14-5-3-4-13(10-14)11-16(8-1-2-9-16)12-18-15-6-7-15/h3-5,10,15,18H,1-2,6-9,11-12H2. The Morgan fingerprint density at radius 2 is 2.00 bits per heavy atom. The minimum Gasteiger partial charge on any atom is -0.313 e. The molecule has 1 N–H and O–H groups in total. The lowest BCUT2D eigenvalue weighted by atomic mass is 9.80. The highest BCUT2D eigenvalue weighted by Crippen LogP contribution is 2.41. The predicted molar refractivity (Wildman–Crippen MR) is 79.8 cm³/mol. The van der Waals surface area contributed by atoms with Gasteiger partial charge in [-0.25, -0.2) is 0 Å². The van der Waals surface area contributed by atoms with Gasteiger partial charge < -0.3 is 5.32 Å². The second kappa shape index (κ2) is 5.34. The number of hydrogen-bond donors (Lipinski definition) is 1. The van der Waals surface area contributed by atoms with Gasteiger partial charge in [0.25, 0.3) is 0 Å². The van der Waals surface area contributed by atoms with Gasteiger partial charge in [0.15, 0.2) is 0 Å². The highest BCUT2D eigenvalue weighted by atomic mass is 79.9. The van der Waals surface area contributed by atoms with E-state index in [2.05, 4.69) is 45.5 Å². The molecule has 3 rings (SSSR count). The maximum Gasteiger partial charge on any atom is 0.0177 e. The van der Waals surface area contributed by atoms with Crippen molar-refractivity contribution in [3.63, 3.8) is 0 Å². The molecule has 2 aliphatic carbocycles. The number of halogens is 1. The van der Waals surface area contributed by atoms with Gasteiger partial charge >= 0.3 is 0 Å². The van der Waals surface area contributed by atoms with E-state index < -0.39 is 0 Å². The van der Waals surface area contributed by atoms with Crippen molar-refractivity contribution in [1.82, 2.24) is 5.32 Å². The minimum atomic E-state index is 0.531. The van der Waals surface area contributed by atoms with Crippen molar-refractivity contribution in [1.29, 1.82) is 0 Å². The third-order valence-corrected chi connectivity index (χ3v) is 4.97. The van der Waals surface area contributed by atoms with E-state index in [4.69, 9.17) is 0 Å². The van der Waals surface area contributed by atoms with Crippen LogP contribution in [0.4, 0.5) is 0 Å². The summed E-state index contributed by atoms with van der Waals surface area (Å²) in [5.74, 6) is 0. The Balaban J connectivity index is 1.68. The molecule has 2 fully saturated rings. The zero-order valence-electron chi connectivity index (χ0n) is 10.9. The zero-order valence-corrected chi connectivity index (χ0v) is 12.5. The molecule has 0 unspecified atom stereocenters. The van der Waals surface area contributed by atoms with E-state index in [0.717, 1.165) is 6.04 Å². The van der Waals surface area contributed by atoms with E-state index >= 15 is 0 Å². The summed E-state index contributed by atoms with van der Waals surface area (Å²) in [4.78, 5) is 0. The molecule has 0 aromatic heterocycles. The molecule has 0 amide bonds. The first-order valence-electron chi connectivity index (χ1n) is 7.24. The SMILES string of the molecule is Brc1cccc(CC2(CNC3CC3)CCCC2)c1. The average molecular weight is 308 g/mol. The average Bonchev–Trinajstić information content (AvgIpc) is 3.08. The summed E-state index contributed by atoms with van der Waals surface area (Å²) in [5, 5.41) is 3.76. The first-order valence-corrected chi connectivity index (χ1v) is 8.03. The Hall–Kier alpha value is -0.340. The van der Waals surface area contributed by atoms with Crippen LogP contribution in [0.2, 0.25) is 0 Å². The van der Waals surface area contributed by atoms with Crippen LogP contribution >= 0.6 is 15.9 Å². The zero-order chi connectivity index (χ0) is 12.4. The Labute approximate surface area is 118 Å². The number of benzene rings is 1. The van der Waals surface area contributed by atoms with Gasteiger partial charge in [0.2, 0.25) is 0 Å². The van der Waals surface area contributed by atoms with Gasteiger partial charge in [-0.2, -0.15) is 0 Å². The summed E-state index contributed by atoms with van der Waals surface area (Å²) in [6, 6.07) is 9.69. The molecule has 0 saturated heterocycles. The van der Waals surface area contributed by atoms with Crippen molar-refractivity contribution in [2.24, 2.45) is 5.41 Å². The summed E-state index contributed by atoms with van der Waals surface area (Å²) in [7, 11) is 0. The molecule has 0 atom stereocenters. The normalized spacial score (nSPS) is 22.3. The molecule has 0 heterocycles. The molecule has 0 bridgehead atoms. The van der Waals surface area contributed by atoms with E-state index in [-0.39, 0.29) is 0 Å². The second-order valence-electron chi connectivity index (χ2n) is 6.17. The molecule has 0 spiro atoms. The highest BCUT2D eigenvalue weighted by molar-refractivity contribution is 9.10. The van der Waals surface area contributed by atoms with Gasteiger partial charge in [-0.1, -0.05) is 40.9 Å². The van der Waals surface area contributed by atoms with Gasteiger partial charge in [0.1, 0.15) is 0 Å². The molecular formula is C16H22BrN. The second-order valence-corrected chi connectivity index (χ2v) is 7.08. The summed E-state index contributed by atoms with van der Waals surface area (Å²) < 4.78 is 1.21. The molecule has 2 heteroatoms. The summed E-state index contributed by atoms with van der Waals surface area (Å²) in [6.07, 6.45) is 9.67. The lowest BCUT2D eigenvalue weighted by Gasteiger charge is -2.30. The van der Waals surface area contributed by atoms with Crippen LogP contribution in [-0.2, 0) is 6.42 Å². The van der Waals surface area contributed by atoms with E-state index in [0.29, 0.717) is 5.41 Å². The molecule has 2 aliphatic rings. The van der Waals surface area contributed by atoms with Crippen LogP contribution in [0, 0.1) is 5.41 Å². The van der Waals surface area contributed by atoms with E-state index in [1.54, 1.807) is 0 Å². The maximum atomic E-state index is 3.76. The Bertz CT molecular complexity index is 405. The number of rotatable bonds is 5. The van der Waals surface area contributed by atoms with E-state index in [9.17, 15) is 0 Å². The summed E-state index contributed by atoms with van der Waals surface area (Å²) >= 11 is 3.59. The minimum absolute atomic E-state index is 0.531. The fraction of sp³-hybridized carbons (Fsp3) is 0.625. The maximum absolute atomic E-state index is 3.76. The van der Waals surface area contributed by atoms with Crippen molar-refractivity contribution >= 4 is 15.9 Å². The van der Waals surface area contributed by atoms with Crippen molar-refractivity contribution in [2.75, 3.05) is 6.54 Å². The Morgan fingerprint density at radius 1 is 1.22 bits per heavy atom. The van der Waals surface area contributed by atoms with Crippen LogP contribution in [0.25, 0.3) is 0 Å². The quantitative estimate of drug-likeness (QED) is 0.855. The van der Waals surface area contributed by atoms with Crippen LogP contribution in [0.3, 0.4) is 0 Å². The van der Waals surface area contributed by atoms with Gasteiger partial charge in [-0.05, 0) is 55.2 Å². The highest BCUT2D eigenvalue weighted by Gasteiger charge is 2.35. The molecule has 0 aliphatic heterocycles. The Kier molecular flexibility index (Phi) is 3.76. The molecule has 1 aromatic rings. The topological polar surface area (TPSA) is 12.0 Å². The summed E-state index contributed by atoms with van der Waals surface area (Å²) in [5.41, 5.74) is 2.02. The molecule has 0 radical (unpaired) electrons. The number of nitrogens with one attached hydrogen (secondary N) is 1. The van der Waals surface area contributed by atoms with Gasteiger partial charge in [0.05, 0.1) is 0 Å². The lowest BCUT2D eigenvalue weighted by Crippen LogP contribution is -2.35. The first kappa shape index (κ1) is 12.7. The molecular weight excluding hydrogens is 286 g/mol. The molecule has 1 nitrogen and oxygen atoms in total. The summed E-state index contributed by atoms with van der Waals surface area (Å²) in [6.45, 7) is 1.23. The van der Waals surface area contributed by atoms with Crippen LogP contribution < -0.4 is 5.32 Å². The van der Waals surface area contributed by atoms with Crippen LogP contribution in [-0.4, -0.2) is 12.6 Å². The molecule has 18 heavy (non-hydrogen) atoms. The largest absolute Gasteiger partial charge is 0.313 e. The van der Waals surface area contributed by atoms with E-state index in [1.807, 2.05) is 0 Å². The lowest BCUT2D eigenvalue weighted by molar-refractivity contribution is 0.276. The molecule has 1 aromatic carbocycles. The molecule has 98 valence electrons. The fourth-order valence-electron chi connectivity index (χ4n) is 3.27. The third kappa shape index (κ3) is 3.16.